The monoisotopic (exact) mass is 267 g/mol. The van der Waals surface area contributed by atoms with Crippen molar-refractivity contribution in [3.05, 3.63) is 11.7 Å². The molecule has 0 spiro atoms. The molecule has 0 amide bonds. The van der Waals surface area contributed by atoms with E-state index in [2.05, 4.69) is 43.9 Å². The maximum atomic E-state index is 8.84. The van der Waals surface area contributed by atoms with Crippen molar-refractivity contribution in [1.29, 1.82) is 5.26 Å². The van der Waals surface area contributed by atoms with E-state index >= 15 is 0 Å². The standard InChI is InChI=1S/C13H21N3OS/c1-5-13(4,6-7-14)8-12-15-11(16-17-12)9-18-10(2)3/h10H,5-6,8-9H2,1-4H3. The van der Waals surface area contributed by atoms with E-state index in [-0.39, 0.29) is 5.41 Å². The van der Waals surface area contributed by atoms with Crippen molar-refractivity contribution >= 4 is 11.8 Å². The minimum absolute atomic E-state index is 0.0657. The van der Waals surface area contributed by atoms with Gasteiger partial charge in [0.2, 0.25) is 5.89 Å². The fourth-order valence-corrected chi connectivity index (χ4v) is 2.13. The molecule has 0 N–H and O–H groups in total. The lowest BCUT2D eigenvalue weighted by molar-refractivity contribution is 0.265. The molecule has 0 aliphatic rings. The third kappa shape index (κ3) is 4.69. The van der Waals surface area contributed by atoms with E-state index in [1.807, 2.05) is 0 Å². The summed E-state index contributed by atoms with van der Waals surface area (Å²) in [7, 11) is 0. The Kier molecular flexibility index (Phi) is 5.67. The Bertz CT molecular complexity index is 411. The highest BCUT2D eigenvalue weighted by molar-refractivity contribution is 7.99. The third-order valence-corrected chi connectivity index (χ3v) is 4.08. The Balaban J connectivity index is 2.60. The van der Waals surface area contributed by atoms with Gasteiger partial charge in [-0.25, -0.2) is 0 Å². The summed E-state index contributed by atoms with van der Waals surface area (Å²) in [6.45, 7) is 8.46. The Hall–Kier alpha value is -1.02. The highest BCUT2D eigenvalue weighted by Gasteiger charge is 2.25. The van der Waals surface area contributed by atoms with Gasteiger partial charge in [0.25, 0.3) is 0 Å². The number of nitriles is 1. The molecule has 5 heteroatoms. The lowest BCUT2D eigenvalue weighted by atomic mass is 9.81. The van der Waals surface area contributed by atoms with Crippen molar-refractivity contribution in [2.45, 2.75) is 58.0 Å². The van der Waals surface area contributed by atoms with E-state index in [9.17, 15) is 0 Å². The zero-order chi connectivity index (χ0) is 13.6. The van der Waals surface area contributed by atoms with E-state index in [0.29, 0.717) is 24.0 Å². The largest absolute Gasteiger partial charge is 0.339 e. The SMILES string of the molecule is CCC(C)(CC#N)Cc1nc(CSC(C)C)no1. The van der Waals surface area contributed by atoms with Crippen LogP contribution in [0.15, 0.2) is 4.52 Å². The van der Waals surface area contributed by atoms with Crippen molar-refractivity contribution in [2.75, 3.05) is 0 Å². The van der Waals surface area contributed by atoms with Gasteiger partial charge >= 0.3 is 0 Å². The summed E-state index contributed by atoms with van der Waals surface area (Å²) in [6.07, 6.45) is 2.12. The van der Waals surface area contributed by atoms with Crippen LogP contribution in [0.5, 0.6) is 0 Å². The van der Waals surface area contributed by atoms with Gasteiger partial charge in [-0.15, -0.1) is 0 Å². The molecule has 0 aliphatic carbocycles. The summed E-state index contributed by atoms with van der Waals surface area (Å²) in [5.74, 6) is 2.18. The summed E-state index contributed by atoms with van der Waals surface area (Å²) >= 11 is 1.79. The molecule has 0 radical (unpaired) electrons. The Morgan fingerprint density at radius 1 is 1.50 bits per heavy atom. The first kappa shape index (κ1) is 15.0. The molecule has 0 fully saturated rings. The van der Waals surface area contributed by atoms with Crippen molar-refractivity contribution in [3.8, 4) is 6.07 Å². The minimum Gasteiger partial charge on any atom is -0.339 e. The number of rotatable bonds is 7. The molecule has 0 saturated heterocycles. The van der Waals surface area contributed by atoms with Crippen molar-refractivity contribution < 1.29 is 4.52 Å². The first-order chi connectivity index (χ1) is 8.49. The molecule has 0 aromatic carbocycles. The Morgan fingerprint density at radius 2 is 2.22 bits per heavy atom. The Labute approximate surface area is 113 Å². The Morgan fingerprint density at radius 3 is 2.78 bits per heavy atom. The average Bonchev–Trinajstić information content (AvgIpc) is 2.74. The highest BCUT2D eigenvalue weighted by atomic mass is 32.2. The molecule has 1 rings (SSSR count). The number of nitrogens with zero attached hydrogens (tertiary/aromatic N) is 3. The summed E-state index contributed by atoms with van der Waals surface area (Å²) in [4.78, 5) is 4.39. The number of aromatic nitrogens is 2. The van der Waals surface area contributed by atoms with Crippen LogP contribution in [0.25, 0.3) is 0 Å². The van der Waals surface area contributed by atoms with E-state index in [0.717, 1.165) is 18.0 Å². The second-order valence-corrected chi connectivity index (χ2v) is 6.70. The molecule has 0 saturated carbocycles. The molecule has 1 heterocycles. The van der Waals surface area contributed by atoms with Crippen LogP contribution in [0, 0.1) is 16.7 Å². The molecular weight excluding hydrogens is 246 g/mol. The van der Waals surface area contributed by atoms with E-state index in [1.165, 1.54) is 0 Å². The van der Waals surface area contributed by atoms with Gasteiger partial charge in [-0.05, 0) is 17.1 Å². The topological polar surface area (TPSA) is 62.7 Å². The molecule has 1 aromatic heterocycles. The summed E-state index contributed by atoms with van der Waals surface area (Å²) < 4.78 is 5.26. The molecule has 0 bridgehead atoms. The maximum absolute atomic E-state index is 8.84. The fraction of sp³-hybridized carbons (Fsp3) is 0.769. The highest BCUT2D eigenvalue weighted by Crippen LogP contribution is 2.29. The predicted octanol–water partition coefficient (Wildman–Crippen LogP) is 3.58. The average molecular weight is 267 g/mol. The second kappa shape index (κ2) is 6.79. The number of hydrogen-bond acceptors (Lipinski definition) is 5. The van der Waals surface area contributed by atoms with Crippen molar-refractivity contribution in [3.63, 3.8) is 0 Å². The van der Waals surface area contributed by atoms with Gasteiger partial charge in [-0.1, -0.05) is 32.9 Å². The molecule has 1 unspecified atom stereocenters. The van der Waals surface area contributed by atoms with Crippen LogP contribution in [-0.2, 0) is 12.2 Å². The zero-order valence-corrected chi connectivity index (χ0v) is 12.4. The van der Waals surface area contributed by atoms with Crippen LogP contribution in [0.2, 0.25) is 0 Å². The van der Waals surface area contributed by atoms with Gasteiger partial charge in [-0.3, -0.25) is 0 Å². The van der Waals surface area contributed by atoms with Gasteiger partial charge in [0.05, 0.1) is 11.8 Å². The van der Waals surface area contributed by atoms with Crippen LogP contribution < -0.4 is 0 Å². The first-order valence-electron chi connectivity index (χ1n) is 6.29. The first-order valence-corrected chi connectivity index (χ1v) is 7.34. The number of hydrogen-bond donors (Lipinski definition) is 0. The summed E-state index contributed by atoms with van der Waals surface area (Å²) in [6, 6.07) is 2.23. The van der Waals surface area contributed by atoms with Crippen LogP contribution in [0.3, 0.4) is 0 Å². The second-order valence-electron chi connectivity index (χ2n) is 5.14. The van der Waals surface area contributed by atoms with Crippen molar-refractivity contribution in [1.82, 2.24) is 10.1 Å². The quantitative estimate of drug-likeness (QED) is 0.755. The van der Waals surface area contributed by atoms with Gasteiger partial charge in [0.1, 0.15) is 0 Å². The lowest BCUT2D eigenvalue weighted by Gasteiger charge is -2.22. The molecule has 0 aliphatic heterocycles. The molecule has 100 valence electrons. The van der Waals surface area contributed by atoms with Crippen LogP contribution in [0.4, 0.5) is 0 Å². The van der Waals surface area contributed by atoms with Crippen molar-refractivity contribution in [2.24, 2.45) is 5.41 Å². The van der Waals surface area contributed by atoms with E-state index in [4.69, 9.17) is 9.78 Å². The smallest absolute Gasteiger partial charge is 0.227 e. The van der Waals surface area contributed by atoms with Gasteiger partial charge in [-0.2, -0.15) is 22.0 Å². The molecule has 1 atom stereocenters. The summed E-state index contributed by atoms with van der Waals surface area (Å²) in [5.41, 5.74) is -0.0657. The minimum atomic E-state index is -0.0657. The van der Waals surface area contributed by atoms with Crippen LogP contribution in [-0.4, -0.2) is 15.4 Å². The van der Waals surface area contributed by atoms with Gasteiger partial charge in [0, 0.05) is 12.8 Å². The van der Waals surface area contributed by atoms with Crippen LogP contribution in [0.1, 0.15) is 52.3 Å². The molecule has 18 heavy (non-hydrogen) atoms. The molecule has 4 nitrogen and oxygen atoms in total. The van der Waals surface area contributed by atoms with E-state index in [1.54, 1.807) is 11.8 Å². The van der Waals surface area contributed by atoms with Gasteiger partial charge in [0.15, 0.2) is 5.82 Å². The maximum Gasteiger partial charge on any atom is 0.227 e. The fourth-order valence-electron chi connectivity index (χ4n) is 1.53. The third-order valence-electron chi connectivity index (χ3n) is 2.99. The summed E-state index contributed by atoms with van der Waals surface area (Å²) in [5, 5.41) is 13.4. The van der Waals surface area contributed by atoms with Gasteiger partial charge < -0.3 is 4.52 Å². The molecule has 1 aromatic rings. The lowest BCUT2D eigenvalue weighted by Crippen LogP contribution is -2.18. The number of thioether (sulfide) groups is 1. The van der Waals surface area contributed by atoms with Crippen LogP contribution >= 0.6 is 11.8 Å². The zero-order valence-electron chi connectivity index (χ0n) is 11.6. The predicted molar refractivity (Wildman–Crippen MR) is 73.1 cm³/mol. The molecular formula is C13H21N3OS. The normalized spacial score (nSPS) is 14.4. The van der Waals surface area contributed by atoms with E-state index < -0.39 is 0 Å².